The lowest BCUT2D eigenvalue weighted by molar-refractivity contribution is -0.135. The quantitative estimate of drug-likeness (QED) is 0.563. The second kappa shape index (κ2) is 10.1. The molecule has 1 unspecified atom stereocenters. The molecular formula is C25H29F4N5O2. The predicted octanol–water partition coefficient (Wildman–Crippen LogP) is 4.34. The van der Waals surface area contributed by atoms with E-state index in [1.54, 1.807) is 0 Å². The zero-order chi connectivity index (χ0) is 25.4. The van der Waals surface area contributed by atoms with E-state index in [4.69, 9.17) is 9.72 Å². The Kier molecular flexibility index (Phi) is 6.90. The maximum absolute atomic E-state index is 14.0. The van der Waals surface area contributed by atoms with Crippen molar-refractivity contribution in [2.24, 2.45) is 5.92 Å². The number of amides is 1. The summed E-state index contributed by atoms with van der Waals surface area (Å²) in [7, 11) is 0. The number of carbonyl (C=O) groups excluding carboxylic acids is 1. The van der Waals surface area contributed by atoms with Gasteiger partial charge < -0.3 is 19.9 Å². The van der Waals surface area contributed by atoms with Crippen LogP contribution in [-0.4, -0.2) is 59.5 Å². The van der Waals surface area contributed by atoms with Crippen molar-refractivity contribution in [1.29, 1.82) is 0 Å². The molecule has 1 amide bonds. The third kappa shape index (κ3) is 5.19. The normalized spacial score (nSPS) is 20.4. The van der Waals surface area contributed by atoms with Gasteiger partial charge in [-0.2, -0.15) is 0 Å². The highest BCUT2D eigenvalue weighted by atomic mass is 19.3. The number of carbonyl (C=O) groups is 1. The minimum absolute atomic E-state index is 0.00282. The van der Waals surface area contributed by atoms with Crippen molar-refractivity contribution < 1.29 is 27.1 Å². The first kappa shape index (κ1) is 24.6. The number of alkyl halides is 2. The van der Waals surface area contributed by atoms with Gasteiger partial charge in [0, 0.05) is 50.9 Å². The van der Waals surface area contributed by atoms with Gasteiger partial charge in [-0.1, -0.05) is 0 Å². The lowest BCUT2D eigenvalue weighted by atomic mass is 10.0. The maximum atomic E-state index is 14.0. The Bertz CT molecular complexity index is 1120. The molecule has 1 atom stereocenters. The fourth-order valence-electron chi connectivity index (χ4n) is 4.87. The van der Waals surface area contributed by atoms with Crippen LogP contribution >= 0.6 is 0 Å². The van der Waals surface area contributed by atoms with Crippen LogP contribution in [0.3, 0.4) is 0 Å². The zero-order valence-corrected chi connectivity index (χ0v) is 20.0. The van der Waals surface area contributed by atoms with E-state index >= 15 is 0 Å². The van der Waals surface area contributed by atoms with E-state index in [1.165, 1.54) is 6.07 Å². The number of hydrogen-bond donors (Lipinski definition) is 1. The molecule has 1 aliphatic carbocycles. The molecule has 1 saturated carbocycles. The molecule has 2 fully saturated rings. The van der Waals surface area contributed by atoms with Crippen molar-refractivity contribution in [3.63, 3.8) is 0 Å². The molecule has 36 heavy (non-hydrogen) atoms. The molecule has 0 spiro atoms. The highest BCUT2D eigenvalue weighted by Gasteiger charge is 2.39. The lowest BCUT2D eigenvalue weighted by Crippen LogP contribution is -2.42. The molecule has 11 heteroatoms. The average molecular weight is 508 g/mol. The first-order valence-corrected chi connectivity index (χ1v) is 12.4. The van der Waals surface area contributed by atoms with Crippen molar-refractivity contribution in [2.45, 2.75) is 57.6 Å². The minimum Gasteiger partial charge on any atom is -0.487 e. The van der Waals surface area contributed by atoms with Crippen molar-refractivity contribution in [1.82, 2.24) is 14.9 Å². The Morgan fingerprint density at radius 1 is 1.14 bits per heavy atom. The fourth-order valence-corrected chi connectivity index (χ4v) is 4.87. The number of aromatic nitrogens is 2. The smallest absolute Gasteiger partial charge is 0.255 e. The summed E-state index contributed by atoms with van der Waals surface area (Å²) in [5, 5.41) is 2.74. The van der Waals surface area contributed by atoms with Gasteiger partial charge in [0.25, 0.3) is 6.43 Å². The zero-order valence-electron chi connectivity index (χ0n) is 20.0. The largest absolute Gasteiger partial charge is 0.487 e. The third-order valence-corrected chi connectivity index (χ3v) is 7.00. The molecule has 5 rings (SSSR count). The van der Waals surface area contributed by atoms with E-state index in [0.29, 0.717) is 61.9 Å². The minimum atomic E-state index is -2.55. The van der Waals surface area contributed by atoms with Gasteiger partial charge in [-0.05, 0) is 31.9 Å². The number of piperidine rings is 1. The summed E-state index contributed by atoms with van der Waals surface area (Å²) in [4.78, 5) is 26.1. The Morgan fingerprint density at radius 2 is 1.89 bits per heavy atom. The van der Waals surface area contributed by atoms with Gasteiger partial charge in [-0.15, -0.1) is 0 Å². The number of halogens is 4. The highest BCUT2D eigenvalue weighted by Crippen LogP contribution is 2.38. The molecule has 1 aromatic carbocycles. The number of benzene rings is 1. The number of hydrogen-bond acceptors (Lipinski definition) is 6. The monoisotopic (exact) mass is 507 g/mol. The summed E-state index contributed by atoms with van der Waals surface area (Å²) in [5.74, 6) is -0.426. The van der Waals surface area contributed by atoms with Crippen LogP contribution in [0, 0.1) is 17.6 Å². The summed E-state index contributed by atoms with van der Waals surface area (Å²) in [5.41, 5.74) is 1.41. The molecule has 194 valence electrons. The Morgan fingerprint density at radius 3 is 2.56 bits per heavy atom. The summed E-state index contributed by atoms with van der Waals surface area (Å²) in [6, 6.07) is 2.95. The van der Waals surface area contributed by atoms with Crippen molar-refractivity contribution in [3.8, 4) is 5.75 Å². The van der Waals surface area contributed by atoms with Gasteiger partial charge in [0.15, 0.2) is 23.2 Å². The molecule has 0 radical (unpaired) electrons. The number of ether oxygens (including phenoxy) is 1. The van der Waals surface area contributed by atoms with Crippen LogP contribution in [0.25, 0.3) is 0 Å². The molecule has 1 aromatic heterocycles. The average Bonchev–Trinajstić information content (AvgIpc) is 3.70. The fraction of sp³-hybridized carbons (Fsp3) is 0.560. The summed E-state index contributed by atoms with van der Waals surface area (Å²) in [6.45, 7) is 2.90. The number of nitrogens with zero attached hydrogens (tertiary/aromatic N) is 4. The topological polar surface area (TPSA) is 70.6 Å². The van der Waals surface area contributed by atoms with Gasteiger partial charge >= 0.3 is 0 Å². The highest BCUT2D eigenvalue weighted by molar-refractivity contribution is 5.81. The van der Waals surface area contributed by atoms with E-state index in [9.17, 15) is 22.4 Å². The van der Waals surface area contributed by atoms with E-state index in [0.717, 1.165) is 25.0 Å². The third-order valence-electron chi connectivity index (χ3n) is 7.00. The van der Waals surface area contributed by atoms with E-state index < -0.39 is 24.6 Å². The molecule has 0 bridgehead atoms. The van der Waals surface area contributed by atoms with Crippen LogP contribution in [0.1, 0.15) is 50.0 Å². The van der Waals surface area contributed by atoms with E-state index in [-0.39, 0.29) is 29.7 Å². The van der Waals surface area contributed by atoms with Crippen LogP contribution in [0.2, 0.25) is 0 Å². The molecule has 2 aromatic rings. The standard InChI is InChI=1S/C25H29F4N5O2/c1-14-22-19(8-11-34(14)25(35)15-2-3-15)31-23(30-13-21(28)29)24(32-22)33-9-6-17(7-10-33)36-20-5-4-16(26)12-18(20)27/h4-5,12,14-15,17,21H,2-3,6-11,13H2,1H3,(H,30,31). The van der Waals surface area contributed by atoms with E-state index in [2.05, 4.69) is 10.3 Å². The van der Waals surface area contributed by atoms with Crippen molar-refractivity contribution in [2.75, 3.05) is 36.4 Å². The molecular weight excluding hydrogens is 478 g/mol. The van der Waals surface area contributed by atoms with Gasteiger partial charge in [0.05, 0.1) is 24.0 Å². The van der Waals surface area contributed by atoms with Crippen LogP contribution in [0.15, 0.2) is 18.2 Å². The molecule has 3 heterocycles. The molecule has 2 aliphatic heterocycles. The van der Waals surface area contributed by atoms with Crippen molar-refractivity contribution in [3.05, 3.63) is 41.2 Å². The summed E-state index contributed by atoms with van der Waals surface area (Å²) >= 11 is 0. The number of rotatable bonds is 7. The molecule has 1 N–H and O–H groups in total. The lowest BCUT2D eigenvalue weighted by Gasteiger charge is -2.37. The number of nitrogens with one attached hydrogen (secondary N) is 1. The second-order valence-corrected chi connectivity index (χ2v) is 9.61. The summed E-state index contributed by atoms with van der Waals surface area (Å²) in [6.07, 6.45) is 0.592. The second-order valence-electron chi connectivity index (χ2n) is 9.61. The Hall–Kier alpha value is -3.11. The molecule has 1 saturated heterocycles. The Balaban J connectivity index is 1.34. The van der Waals surface area contributed by atoms with Gasteiger partial charge in [-0.3, -0.25) is 4.79 Å². The first-order valence-electron chi connectivity index (χ1n) is 12.4. The van der Waals surface area contributed by atoms with Gasteiger partial charge in [0.2, 0.25) is 5.91 Å². The first-order chi connectivity index (χ1) is 17.3. The van der Waals surface area contributed by atoms with Crippen LogP contribution in [0.5, 0.6) is 5.75 Å². The molecule has 7 nitrogen and oxygen atoms in total. The molecule has 3 aliphatic rings. The predicted molar refractivity (Wildman–Crippen MR) is 125 cm³/mol. The van der Waals surface area contributed by atoms with E-state index in [1.807, 2.05) is 16.7 Å². The van der Waals surface area contributed by atoms with Crippen LogP contribution < -0.4 is 15.0 Å². The SMILES string of the molecule is CC1c2nc(N3CCC(Oc4ccc(F)cc4F)CC3)c(NCC(F)F)nc2CCN1C(=O)C1CC1. The summed E-state index contributed by atoms with van der Waals surface area (Å²) < 4.78 is 58.9. The Labute approximate surface area is 206 Å². The number of fused-ring (bicyclic) bond motifs is 1. The van der Waals surface area contributed by atoms with Crippen molar-refractivity contribution >= 4 is 17.5 Å². The van der Waals surface area contributed by atoms with Gasteiger partial charge in [0.1, 0.15) is 11.9 Å². The maximum Gasteiger partial charge on any atom is 0.255 e. The van der Waals surface area contributed by atoms with Crippen LogP contribution in [-0.2, 0) is 11.2 Å². The van der Waals surface area contributed by atoms with Crippen LogP contribution in [0.4, 0.5) is 29.2 Å². The number of anilines is 2. The van der Waals surface area contributed by atoms with Gasteiger partial charge in [-0.25, -0.2) is 27.5 Å².